The topological polar surface area (TPSA) is 80.8 Å². The van der Waals surface area contributed by atoms with Crippen molar-refractivity contribution in [3.63, 3.8) is 0 Å². The summed E-state index contributed by atoms with van der Waals surface area (Å²) in [6.45, 7) is 2.58. The largest absolute Gasteiger partial charge is 0.307 e. The molecule has 144 valence electrons. The lowest BCUT2D eigenvalue weighted by atomic mass is 10.1. The number of hydrogen-bond acceptors (Lipinski definition) is 5. The van der Waals surface area contributed by atoms with Gasteiger partial charge in [-0.15, -0.1) is 0 Å². The molecule has 0 radical (unpaired) electrons. The van der Waals surface area contributed by atoms with Gasteiger partial charge >= 0.3 is 0 Å². The first-order chi connectivity index (χ1) is 14.0. The summed E-state index contributed by atoms with van der Waals surface area (Å²) in [6.07, 6.45) is 2.69. The van der Waals surface area contributed by atoms with Gasteiger partial charge in [-0.1, -0.05) is 41.7 Å². The maximum absolute atomic E-state index is 13.2. The van der Waals surface area contributed by atoms with Crippen molar-refractivity contribution in [2.24, 2.45) is 0 Å². The minimum Gasteiger partial charge on any atom is -0.307 e. The summed E-state index contributed by atoms with van der Waals surface area (Å²) >= 11 is 1.35. The van der Waals surface area contributed by atoms with Crippen molar-refractivity contribution in [3.05, 3.63) is 81.0 Å². The summed E-state index contributed by atoms with van der Waals surface area (Å²) in [5.74, 6) is -0.0140. The summed E-state index contributed by atoms with van der Waals surface area (Å²) in [5.41, 5.74) is 4.33. The van der Waals surface area contributed by atoms with Gasteiger partial charge in [-0.2, -0.15) is 0 Å². The zero-order valence-electron chi connectivity index (χ0n) is 15.5. The minimum atomic E-state index is -0.419. The third kappa shape index (κ3) is 2.80. The average Bonchev–Trinajstić information content (AvgIpc) is 3.42. The molecule has 0 atom stereocenters. The Bertz CT molecular complexity index is 1290. The number of rotatable bonds is 3. The van der Waals surface area contributed by atoms with Crippen molar-refractivity contribution >= 4 is 33.6 Å². The number of para-hydroxylation sites is 1. The lowest BCUT2D eigenvalue weighted by molar-refractivity contribution is -0.384. The van der Waals surface area contributed by atoms with Gasteiger partial charge in [0.1, 0.15) is 4.88 Å². The van der Waals surface area contributed by atoms with Crippen LogP contribution in [0.1, 0.15) is 20.9 Å². The van der Waals surface area contributed by atoms with Crippen molar-refractivity contribution in [2.45, 2.75) is 13.3 Å². The van der Waals surface area contributed by atoms with Gasteiger partial charge in [-0.3, -0.25) is 19.3 Å². The molecule has 4 aromatic rings. The zero-order chi connectivity index (χ0) is 20.1. The van der Waals surface area contributed by atoms with E-state index in [-0.39, 0.29) is 11.6 Å². The van der Waals surface area contributed by atoms with Gasteiger partial charge in [0.25, 0.3) is 11.6 Å². The standard InChI is InChI=1S/C21H16N4O3S/c1-13-19(20(26)23-10-9-14-5-2-3-8-18(14)23)29-21-22-17(12-24(13)21)15-6-4-7-16(11-15)25(27)28/h2-8,11-12H,9-10H2,1H3. The Balaban J connectivity index is 1.51. The quantitative estimate of drug-likeness (QED) is 0.372. The van der Waals surface area contributed by atoms with Gasteiger partial charge in [0.2, 0.25) is 0 Å². The molecule has 0 spiro atoms. The number of imidazole rings is 1. The first kappa shape index (κ1) is 17.6. The predicted octanol–water partition coefficient (Wildman–Crippen LogP) is 4.48. The number of amides is 1. The fraction of sp³-hybridized carbons (Fsp3) is 0.143. The fourth-order valence-corrected chi connectivity index (χ4v) is 4.80. The second kappa shape index (κ2) is 6.52. The highest BCUT2D eigenvalue weighted by Gasteiger charge is 2.28. The number of nitro groups is 1. The summed E-state index contributed by atoms with van der Waals surface area (Å²) in [5, 5.41) is 11.0. The highest BCUT2D eigenvalue weighted by Crippen LogP contribution is 2.33. The molecule has 0 aliphatic carbocycles. The number of nitrogens with zero attached hydrogens (tertiary/aromatic N) is 4. The number of thiazole rings is 1. The predicted molar refractivity (Wildman–Crippen MR) is 112 cm³/mol. The number of carbonyl (C=O) groups excluding carboxylic acids is 1. The molecule has 0 N–H and O–H groups in total. The van der Waals surface area contributed by atoms with Crippen LogP contribution in [0.25, 0.3) is 16.2 Å². The van der Waals surface area contributed by atoms with Crippen LogP contribution in [0.15, 0.2) is 54.7 Å². The molecule has 0 unspecified atom stereocenters. The monoisotopic (exact) mass is 404 g/mol. The van der Waals surface area contributed by atoms with E-state index >= 15 is 0 Å². The number of hydrogen-bond donors (Lipinski definition) is 0. The van der Waals surface area contributed by atoms with Gasteiger partial charge in [0, 0.05) is 41.8 Å². The number of nitro benzene ring substituents is 1. The van der Waals surface area contributed by atoms with E-state index in [2.05, 4.69) is 11.1 Å². The van der Waals surface area contributed by atoms with Gasteiger partial charge in [-0.25, -0.2) is 4.98 Å². The number of aromatic nitrogens is 2. The van der Waals surface area contributed by atoms with E-state index in [9.17, 15) is 14.9 Å². The maximum Gasteiger partial charge on any atom is 0.270 e. The molecule has 3 heterocycles. The number of fused-ring (bicyclic) bond motifs is 2. The molecule has 8 heteroatoms. The highest BCUT2D eigenvalue weighted by molar-refractivity contribution is 7.19. The molecule has 2 aromatic carbocycles. The normalized spacial score (nSPS) is 13.1. The molecule has 5 rings (SSSR count). The highest BCUT2D eigenvalue weighted by atomic mass is 32.1. The van der Waals surface area contributed by atoms with E-state index in [0.29, 0.717) is 27.6 Å². The number of benzene rings is 2. The molecular weight excluding hydrogens is 388 g/mol. The number of aryl methyl sites for hydroxylation is 1. The van der Waals surface area contributed by atoms with E-state index in [0.717, 1.165) is 17.8 Å². The Labute approximate surface area is 170 Å². The third-order valence-electron chi connectivity index (χ3n) is 5.24. The molecule has 2 aromatic heterocycles. The molecular formula is C21H16N4O3S. The number of anilines is 1. The second-order valence-corrected chi connectivity index (χ2v) is 7.92. The Kier molecular flexibility index (Phi) is 3.95. The first-order valence-corrected chi connectivity index (χ1v) is 9.97. The summed E-state index contributed by atoms with van der Waals surface area (Å²) < 4.78 is 1.88. The summed E-state index contributed by atoms with van der Waals surface area (Å²) in [4.78, 5) is 31.6. The van der Waals surface area contributed by atoms with Crippen LogP contribution in [-0.2, 0) is 6.42 Å². The second-order valence-electron chi connectivity index (χ2n) is 6.94. The molecule has 7 nitrogen and oxygen atoms in total. The lowest BCUT2D eigenvalue weighted by Gasteiger charge is -2.16. The van der Waals surface area contributed by atoms with Gasteiger partial charge in [0.05, 0.1) is 10.6 Å². The van der Waals surface area contributed by atoms with Crippen LogP contribution in [0, 0.1) is 17.0 Å². The van der Waals surface area contributed by atoms with Crippen LogP contribution < -0.4 is 4.90 Å². The molecule has 0 saturated heterocycles. The van der Waals surface area contributed by atoms with Crippen molar-refractivity contribution in [3.8, 4) is 11.3 Å². The van der Waals surface area contributed by atoms with Crippen LogP contribution in [0.2, 0.25) is 0 Å². The lowest BCUT2D eigenvalue weighted by Crippen LogP contribution is -2.28. The van der Waals surface area contributed by atoms with Crippen molar-refractivity contribution in [2.75, 3.05) is 11.4 Å². The molecule has 0 saturated carbocycles. The SMILES string of the molecule is Cc1c(C(=O)N2CCc3ccccc32)sc2nc(-c3cccc([N+](=O)[O-])c3)cn12. The van der Waals surface area contributed by atoms with Crippen molar-refractivity contribution in [1.29, 1.82) is 0 Å². The van der Waals surface area contributed by atoms with E-state index in [1.165, 1.54) is 29.0 Å². The number of non-ortho nitro benzene ring substituents is 1. The van der Waals surface area contributed by atoms with E-state index < -0.39 is 4.92 Å². The Hall–Kier alpha value is -3.52. The van der Waals surface area contributed by atoms with Crippen LogP contribution in [0.4, 0.5) is 11.4 Å². The molecule has 1 aliphatic rings. The molecule has 0 fully saturated rings. The van der Waals surface area contributed by atoms with Crippen LogP contribution in [-0.4, -0.2) is 26.8 Å². The smallest absolute Gasteiger partial charge is 0.270 e. The molecule has 1 aliphatic heterocycles. The summed E-state index contributed by atoms with van der Waals surface area (Å²) in [7, 11) is 0. The van der Waals surface area contributed by atoms with Crippen LogP contribution in [0.3, 0.4) is 0 Å². The molecule has 1 amide bonds. The van der Waals surface area contributed by atoms with Crippen LogP contribution in [0.5, 0.6) is 0 Å². The van der Waals surface area contributed by atoms with E-state index in [4.69, 9.17) is 0 Å². The summed E-state index contributed by atoms with van der Waals surface area (Å²) in [6, 6.07) is 14.4. The van der Waals surface area contributed by atoms with Gasteiger partial charge in [0.15, 0.2) is 4.96 Å². The number of carbonyl (C=O) groups is 1. The third-order valence-corrected chi connectivity index (χ3v) is 6.38. The van der Waals surface area contributed by atoms with E-state index in [1.54, 1.807) is 12.1 Å². The van der Waals surface area contributed by atoms with Gasteiger partial charge < -0.3 is 4.90 Å². The van der Waals surface area contributed by atoms with Crippen molar-refractivity contribution < 1.29 is 9.72 Å². The maximum atomic E-state index is 13.2. The fourth-order valence-electron chi connectivity index (χ4n) is 3.74. The Morgan fingerprint density at radius 1 is 1.21 bits per heavy atom. The minimum absolute atomic E-state index is 0.0140. The average molecular weight is 404 g/mol. The molecule has 29 heavy (non-hydrogen) atoms. The van der Waals surface area contributed by atoms with Crippen LogP contribution >= 0.6 is 11.3 Å². The Morgan fingerprint density at radius 2 is 2.03 bits per heavy atom. The molecule has 0 bridgehead atoms. The van der Waals surface area contributed by atoms with Gasteiger partial charge in [-0.05, 0) is 25.0 Å². The first-order valence-electron chi connectivity index (χ1n) is 9.16. The van der Waals surface area contributed by atoms with E-state index in [1.807, 2.05) is 40.6 Å². The Morgan fingerprint density at radius 3 is 2.83 bits per heavy atom. The van der Waals surface area contributed by atoms with Crippen molar-refractivity contribution in [1.82, 2.24) is 9.38 Å². The zero-order valence-corrected chi connectivity index (χ0v) is 16.3.